The summed E-state index contributed by atoms with van der Waals surface area (Å²) in [5.74, 6) is 0.126. The summed E-state index contributed by atoms with van der Waals surface area (Å²) in [4.78, 5) is 24.6. The summed E-state index contributed by atoms with van der Waals surface area (Å²) < 4.78 is 11.3. The molecule has 0 fully saturated rings. The van der Waals surface area contributed by atoms with Gasteiger partial charge in [0.1, 0.15) is 18.1 Å². The molecule has 0 unspecified atom stereocenters. The molecule has 3 aromatic rings. The topological polar surface area (TPSA) is 76.7 Å². The van der Waals surface area contributed by atoms with Crippen LogP contribution in [0.15, 0.2) is 72.8 Å². The Hall–Kier alpha value is -3.80. The van der Waals surface area contributed by atoms with E-state index in [4.69, 9.17) is 9.47 Å². The summed E-state index contributed by atoms with van der Waals surface area (Å²) in [6.45, 7) is 3.97. The van der Waals surface area contributed by atoms with E-state index in [0.29, 0.717) is 23.7 Å². The number of hydrogen-bond acceptors (Lipinski definition) is 4. The van der Waals surface area contributed by atoms with Gasteiger partial charge in [0.2, 0.25) is 0 Å². The number of carbonyl (C=O) groups excluding carboxylic acids is 2. The molecule has 0 aromatic heterocycles. The van der Waals surface area contributed by atoms with Crippen LogP contribution in [0, 0.1) is 13.8 Å². The zero-order valence-corrected chi connectivity index (χ0v) is 17.0. The minimum Gasteiger partial charge on any atom is -0.488 e. The highest BCUT2D eigenvalue weighted by molar-refractivity contribution is 5.97. The van der Waals surface area contributed by atoms with Crippen molar-refractivity contribution < 1.29 is 19.1 Å². The Morgan fingerprint density at radius 2 is 1.53 bits per heavy atom. The van der Waals surface area contributed by atoms with Crippen molar-refractivity contribution in [3.05, 3.63) is 95.1 Å². The number of nitrogens with one attached hydrogen (secondary N) is 2. The number of rotatable bonds is 7. The lowest BCUT2D eigenvalue weighted by Crippen LogP contribution is -2.44. The predicted octanol–water partition coefficient (Wildman–Crippen LogP) is 3.72. The standard InChI is InChI=1S/C24H24N2O4/c1-17-12-13-18(2)22(14-17)30-16-23(27)25-26-24(28)20-10-6-7-11-21(20)29-15-19-8-4-3-5-9-19/h3-14H,15-16H2,1-2H3,(H,25,27)(H,26,28). The summed E-state index contributed by atoms with van der Waals surface area (Å²) in [6.07, 6.45) is 0. The van der Waals surface area contributed by atoms with Crippen molar-refractivity contribution >= 4 is 11.8 Å². The van der Waals surface area contributed by atoms with E-state index >= 15 is 0 Å². The Kier molecular flexibility index (Phi) is 7.05. The van der Waals surface area contributed by atoms with E-state index < -0.39 is 11.8 Å². The Labute approximate surface area is 175 Å². The van der Waals surface area contributed by atoms with Gasteiger partial charge in [-0.25, -0.2) is 0 Å². The van der Waals surface area contributed by atoms with Gasteiger partial charge in [0.25, 0.3) is 11.8 Å². The fourth-order valence-electron chi connectivity index (χ4n) is 2.75. The smallest absolute Gasteiger partial charge is 0.276 e. The first kappa shape index (κ1) is 20.9. The molecule has 6 nitrogen and oxygen atoms in total. The van der Waals surface area contributed by atoms with Gasteiger partial charge in [-0.05, 0) is 48.7 Å². The molecule has 0 radical (unpaired) electrons. The molecular weight excluding hydrogens is 380 g/mol. The normalized spacial score (nSPS) is 10.2. The Morgan fingerprint density at radius 1 is 0.800 bits per heavy atom. The van der Waals surface area contributed by atoms with Gasteiger partial charge in [-0.1, -0.05) is 54.6 Å². The molecule has 0 aliphatic rings. The van der Waals surface area contributed by atoms with Crippen LogP contribution in [-0.2, 0) is 11.4 Å². The Balaban J connectivity index is 1.53. The predicted molar refractivity (Wildman–Crippen MR) is 114 cm³/mol. The number of ether oxygens (including phenoxy) is 2. The molecular formula is C24H24N2O4. The Bertz CT molecular complexity index is 1020. The van der Waals surface area contributed by atoms with Gasteiger partial charge >= 0.3 is 0 Å². The monoisotopic (exact) mass is 404 g/mol. The van der Waals surface area contributed by atoms with Gasteiger partial charge in [-0.2, -0.15) is 0 Å². The van der Waals surface area contributed by atoms with E-state index in [0.717, 1.165) is 16.7 Å². The van der Waals surface area contributed by atoms with Gasteiger partial charge in [-0.15, -0.1) is 0 Å². The van der Waals surface area contributed by atoms with Crippen molar-refractivity contribution in [2.75, 3.05) is 6.61 Å². The van der Waals surface area contributed by atoms with Crippen LogP contribution >= 0.6 is 0 Å². The number of benzene rings is 3. The van der Waals surface area contributed by atoms with Crippen LogP contribution in [0.5, 0.6) is 11.5 Å². The maximum absolute atomic E-state index is 12.5. The third-order valence-electron chi connectivity index (χ3n) is 4.39. The van der Waals surface area contributed by atoms with Crippen molar-refractivity contribution in [3.8, 4) is 11.5 Å². The summed E-state index contributed by atoms with van der Waals surface area (Å²) in [6, 6.07) is 22.3. The molecule has 3 rings (SSSR count). The van der Waals surface area contributed by atoms with Crippen molar-refractivity contribution in [2.24, 2.45) is 0 Å². The van der Waals surface area contributed by atoms with Crippen molar-refractivity contribution in [1.29, 1.82) is 0 Å². The third-order valence-corrected chi connectivity index (χ3v) is 4.39. The first-order valence-electron chi connectivity index (χ1n) is 9.58. The van der Waals surface area contributed by atoms with Crippen LogP contribution in [0.4, 0.5) is 0 Å². The van der Waals surface area contributed by atoms with E-state index in [9.17, 15) is 9.59 Å². The van der Waals surface area contributed by atoms with Crippen LogP contribution < -0.4 is 20.3 Å². The zero-order valence-electron chi connectivity index (χ0n) is 17.0. The number of aryl methyl sites for hydroxylation is 2. The molecule has 0 aliphatic carbocycles. The van der Waals surface area contributed by atoms with E-state index in [1.165, 1.54) is 0 Å². The second-order valence-electron chi connectivity index (χ2n) is 6.83. The average molecular weight is 404 g/mol. The fourth-order valence-corrected chi connectivity index (χ4v) is 2.75. The van der Waals surface area contributed by atoms with Crippen molar-refractivity contribution in [1.82, 2.24) is 10.9 Å². The maximum atomic E-state index is 12.5. The highest BCUT2D eigenvalue weighted by Gasteiger charge is 2.13. The highest BCUT2D eigenvalue weighted by atomic mass is 16.5. The molecule has 6 heteroatoms. The number of para-hydroxylation sites is 1. The quantitative estimate of drug-likeness (QED) is 0.589. The second kappa shape index (κ2) is 10.1. The molecule has 0 saturated heterocycles. The van der Waals surface area contributed by atoms with Crippen LogP contribution in [-0.4, -0.2) is 18.4 Å². The summed E-state index contributed by atoms with van der Waals surface area (Å²) in [5.41, 5.74) is 8.05. The van der Waals surface area contributed by atoms with Crippen LogP contribution in [0.1, 0.15) is 27.0 Å². The van der Waals surface area contributed by atoms with Gasteiger partial charge in [0.15, 0.2) is 6.61 Å². The molecule has 2 amide bonds. The number of amides is 2. The van der Waals surface area contributed by atoms with E-state index in [-0.39, 0.29) is 6.61 Å². The lowest BCUT2D eigenvalue weighted by Gasteiger charge is -2.13. The van der Waals surface area contributed by atoms with Gasteiger partial charge in [-0.3, -0.25) is 20.4 Å². The second-order valence-corrected chi connectivity index (χ2v) is 6.83. The lowest BCUT2D eigenvalue weighted by atomic mass is 10.1. The lowest BCUT2D eigenvalue weighted by molar-refractivity contribution is -0.123. The third kappa shape index (κ3) is 5.85. The minimum absolute atomic E-state index is 0.212. The molecule has 0 atom stereocenters. The number of hydrazine groups is 1. The van der Waals surface area contributed by atoms with Crippen molar-refractivity contribution in [2.45, 2.75) is 20.5 Å². The summed E-state index contributed by atoms with van der Waals surface area (Å²) >= 11 is 0. The van der Waals surface area contributed by atoms with E-state index in [2.05, 4.69) is 10.9 Å². The van der Waals surface area contributed by atoms with Crippen LogP contribution in [0.2, 0.25) is 0 Å². The molecule has 3 aromatic carbocycles. The highest BCUT2D eigenvalue weighted by Crippen LogP contribution is 2.20. The van der Waals surface area contributed by atoms with Crippen LogP contribution in [0.25, 0.3) is 0 Å². The van der Waals surface area contributed by atoms with E-state index in [1.807, 2.05) is 62.4 Å². The largest absolute Gasteiger partial charge is 0.488 e. The van der Waals surface area contributed by atoms with E-state index in [1.54, 1.807) is 24.3 Å². The van der Waals surface area contributed by atoms with Crippen molar-refractivity contribution in [3.63, 3.8) is 0 Å². The molecule has 0 spiro atoms. The molecule has 0 bridgehead atoms. The number of carbonyl (C=O) groups is 2. The zero-order chi connectivity index (χ0) is 21.3. The Morgan fingerprint density at radius 3 is 2.33 bits per heavy atom. The van der Waals surface area contributed by atoms with Crippen LogP contribution in [0.3, 0.4) is 0 Å². The van der Waals surface area contributed by atoms with Gasteiger partial charge < -0.3 is 9.47 Å². The maximum Gasteiger partial charge on any atom is 0.276 e. The summed E-state index contributed by atoms with van der Waals surface area (Å²) in [7, 11) is 0. The number of hydrogen-bond donors (Lipinski definition) is 2. The first-order chi connectivity index (χ1) is 14.5. The first-order valence-corrected chi connectivity index (χ1v) is 9.58. The molecule has 2 N–H and O–H groups in total. The molecule has 0 aliphatic heterocycles. The molecule has 0 saturated carbocycles. The summed E-state index contributed by atoms with van der Waals surface area (Å²) in [5, 5.41) is 0. The van der Waals surface area contributed by atoms with Gasteiger partial charge in [0.05, 0.1) is 5.56 Å². The molecule has 154 valence electrons. The SMILES string of the molecule is Cc1ccc(C)c(OCC(=O)NNC(=O)c2ccccc2OCc2ccccc2)c1. The fraction of sp³-hybridized carbons (Fsp3) is 0.167. The van der Waals surface area contributed by atoms with Gasteiger partial charge in [0, 0.05) is 0 Å². The molecule has 0 heterocycles. The average Bonchev–Trinajstić information content (AvgIpc) is 2.77. The minimum atomic E-state index is -0.473. The molecule has 30 heavy (non-hydrogen) atoms.